The van der Waals surface area contributed by atoms with Crippen molar-refractivity contribution in [3.05, 3.63) is 97.1 Å². The van der Waals surface area contributed by atoms with E-state index < -0.39 is 0 Å². The number of hydrogen-bond acceptors (Lipinski definition) is 8. The Morgan fingerprint density at radius 1 is 0.405 bits per heavy atom. The number of phenolic OH excluding ortho intramolecular Hbond substituents is 8. The van der Waals surface area contributed by atoms with Crippen molar-refractivity contribution in [1.29, 1.82) is 0 Å². The molecule has 1 atom stereocenters. The predicted molar refractivity (Wildman–Crippen MR) is 169 cm³/mol. The molecule has 4 rings (SSSR count). The molecule has 8 heteroatoms. The van der Waals surface area contributed by atoms with Crippen molar-refractivity contribution in [3.63, 3.8) is 0 Å². The second-order valence-electron chi connectivity index (χ2n) is 9.42. The number of aromatic hydroxyl groups is 8. The highest BCUT2D eigenvalue weighted by molar-refractivity contribution is 5.32. The first-order valence-corrected chi connectivity index (χ1v) is 13.7. The zero-order valence-electron chi connectivity index (χ0n) is 25.4. The lowest BCUT2D eigenvalue weighted by atomic mass is 9.96. The van der Waals surface area contributed by atoms with Crippen molar-refractivity contribution < 1.29 is 40.9 Å². The maximum atomic E-state index is 8.65. The maximum absolute atomic E-state index is 8.65. The molecule has 0 aliphatic heterocycles. The van der Waals surface area contributed by atoms with Gasteiger partial charge in [0.25, 0.3) is 0 Å². The van der Waals surface area contributed by atoms with Crippen LogP contribution in [0.3, 0.4) is 0 Å². The van der Waals surface area contributed by atoms with Crippen LogP contribution in [-0.2, 0) is 0 Å². The molecule has 0 saturated carbocycles. The SMILES string of the molecule is CCC.CCC(C)C(C)C.Oc1cccc(O)c1.Oc1cccc(O)c1.Oc1cccc(O)c1.Oc1cccc(O)c1. The van der Waals surface area contributed by atoms with Crippen LogP contribution in [0.4, 0.5) is 0 Å². The van der Waals surface area contributed by atoms with Gasteiger partial charge in [-0.25, -0.2) is 0 Å². The normalized spacial score (nSPS) is 9.79. The van der Waals surface area contributed by atoms with Gasteiger partial charge in [-0.2, -0.15) is 0 Å². The zero-order valence-corrected chi connectivity index (χ0v) is 25.4. The molecule has 1 unspecified atom stereocenters. The highest BCUT2D eigenvalue weighted by Crippen LogP contribution is 2.17. The average molecular weight is 585 g/mol. The quantitative estimate of drug-likeness (QED) is 0.116. The second-order valence-corrected chi connectivity index (χ2v) is 9.42. The molecule has 0 aliphatic carbocycles. The molecule has 0 heterocycles. The van der Waals surface area contributed by atoms with Crippen LogP contribution in [0.15, 0.2) is 97.1 Å². The molecule has 0 radical (unpaired) electrons. The molecule has 4 aromatic carbocycles. The first kappa shape index (κ1) is 39.4. The van der Waals surface area contributed by atoms with Crippen LogP contribution in [0.2, 0.25) is 0 Å². The van der Waals surface area contributed by atoms with Crippen LogP contribution in [-0.4, -0.2) is 40.9 Å². The van der Waals surface area contributed by atoms with Gasteiger partial charge in [-0.15, -0.1) is 0 Å². The Kier molecular flexibility index (Phi) is 22.6. The number of rotatable bonds is 2. The summed E-state index contributed by atoms with van der Waals surface area (Å²) in [6, 6.07) is 23.4. The van der Waals surface area contributed by atoms with Gasteiger partial charge in [-0.1, -0.05) is 78.6 Å². The summed E-state index contributed by atoms with van der Waals surface area (Å²) < 4.78 is 0. The van der Waals surface area contributed by atoms with Gasteiger partial charge in [0.15, 0.2) is 0 Å². The van der Waals surface area contributed by atoms with Crippen LogP contribution in [0, 0.1) is 11.8 Å². The molecule has 0 saturated heterocycles. The van der Waals surface area contributed by atoms with E-state index in [1.807, 2.05) is 0 Å². The fraction of sp³-hybridized carbons (Fsp3) is 0.294. The molecule has 0 aliphatic rings. The molecule has 0 spiro atoms. The van der Waals surface area contributed by atoms with Gasteiger partial charge in [-0.3, -0.25) is 0 Å². The van der Waals surface area contributed by atoms with Crippen LogP contribution in [0.25, 0.3) is 0 Å². The Hall–Kier alpha value is -4.72. The van der Waals surface area contributed by atoms with E-state index in [-0.39, 0.29) is 46.0 Å². The van der Waals surface area contributed by atoms with Crippen LogP contribution in [0.5, 0.6) is 46.0 Å². The summed E-state index contributed by atoms with van der Waals surface area (Å²) in [5.41, 5.74) is 0. The van der Waals surface area contributed by atoms with Gasteiger partial charge in [-0.05, 0) is 60.4 Å². The fourth-order valence-electron chi connectivity index (χ4n) is 2.44. The Bertz CT molecular complexity index is 968. The number of phenols is 8. The molecule has 8 N–H and O–H groups in total. The number of benzene rings is 4. The molecule has 4 aromatic rings. The first-order valence-electron chi connectivity index (χ1n) is 13.7. The van der Waals surface area contributed by atoms with Gasteiger partial charge < -0.3 is 40.9 Å². The highest BCUT2D eigenvalue weighted by Gasteiger charge is 2.01. The zero-order chi connectivity index (χ0) is 32.5. The average Bonchev–Trinajstić information content (AvgIpc) is 2.89. The Morgan fingerprint density at radius 3 is 0.619 bits per heavy atom. The molecule has 0 aromatic heterocycles. The second kappa shape index (κ2) is 24.1. The van der Waals surface area contributed by atoms with Gasteiger partial charge in [0.1, 0.15) is 46.0 Å². The molecule has 42 heavy (non-hydrogen) atoms. The third-order valence-electron chi connectivity index (χ3n) is 5.10. The Morgan fingerprint density at radius 2 is 0.571 bits per heavy atom. The van der Waals surface area contributed by atoms with Crippen molar-refractivity contribution in [2.24, 2.45) is 11.8 Å². The van der Waals surface area contributed by atoms with E-state index in [1.165, 1.54) is 85.6 Å². The molecule has 0 bridgehead atoms. The molecule has 232 valence electrons. The number of hydrogen-bond donors (Lipinski definition) is 8. The molecule has 0 amide bonds. The molecular formula is C34H48O8. The predicted octanol–water partition coefficient (Wildman–Crippen LogP) is 8.50. The van der Waals surface area contributed by atoms with Crippen molar-refractivity contribution in [2.45, 2.75) is 54.4 Å². The van der Waals surface area contributed by atoms with Gasteiger partial charge in [0, 0.05) is 24.3 Å². The summed E-state index contributed by atoms with van der Waals surface area (Å²) in [4.78, 5) is 0. The molecule has 0 fully saturated rings. The van der Waals surface area contributed by atoms with E-state index in [2.05, 4.69) is 41.5 Å². The third kappa shape index (κ3) is 24.3. The van der Waals surface area contributed by atoms with E-state index in [9.17, 15) is 0 Å². The molecular weight excluding hydrogens is 536 g/mol. The lowest BCUT2D eigenvalue weighted by molar-refractivity contribution is 0.407. The summed E-state index contributed by atoms with van der Waals surface area (Å²) in [7, 11) is 0. The van der Waals surface area contributed by atoms with Gasteiger partial charge >= 0.3 is 0 Å². The smallest absolute Gasteiger partial charge is 0.119 e. The van der Waals surface area contributed by atoms with E-state index in [1.54, 1.807) is 24.3 Å². The van der Waals surface area contributed by atoms with Crippen molar-refractivity contribution in [2.75, 3.05) is 0 Å². The topological polar surface area (TPSA) is 162 Å². The van der Waals surface area contributed by atoms with E-state index in [4.69, 9.17) is 40.9 Å². The summed E-state index contributed by atoms with van der Waals surface area (Å²) in [6.45, 7) is 13.3. The summed E-state index contributed by atoms with van der Waals surface area (Å²) in [6.07, 6.45) is 2.57. The minimum absolute atomic E-state index is 0.0880. The Labute approximate surface area is 250 Å². The lowest BCUT2D eigenvalue weighted by Gasteiger charge is -2.10. The van der Waals surface area contributed by atoms with Gasteiger partial charge in [0.05, 0.1) is 0 Å². The highest BCUT2D eigenvalue weighted by atomic mass is 16.3. The summed E-state index contributed by atoms with van der Waals surface area (Å²) in [5, 5.41) is 69.2. The minimum atomic E-state index is 0.0880. The maximum Gasteiger partial charge on any atom is 0.119 e. The largest absolute Gasteiger partial charge is 0.508 e. The standard InChI is InChI=1S/C7H16.4C6H6O2.C3H8/c1-5-7(4)6(2)3;4*7-5-2-1-3-6(8)4-5;1-3-2/h6-7H,5H2,1-4H3;4*1-4,7-8H;3H2,1-2H3. The fourth-order valence-corrected chi connectivity index (χ4v) is 2.44. The van der Waals surface area contributed by atoms with E-state index >= 15 is 0 Å². The van der Waals surface area contributed by atoms with Crippen molar-refractivity contribution >= 4 is 0 Å². The van der Waals surface area contributed by atoms with Crippen LogP contribution < -0.4 is 0 Å². The van der Waals surface area contributed by atoms with Crippen LogP contribution >= 0.6 is 0 Å². The van der Waals surface area contributed by atoms with Crippen molar-refractivity contribution in [3.8, 4) is 46.0 Å². The summed E-state index contributed by atoms with van der Waals surface area (Å²) in [5.74, 6) is 2.47. The first-order chi connectivity index (χ1) is 19.7. The van der Waals surface area contributed by atoms with E-state index in [0.717, 1.165) is 11.8 Å². The minimum Gasteiger partial charge on any atom is -0.508 e. The lowest BCUT2D eigenvalue weighted by Crippen LogP contribution is -2.00. The van der Waals surface area contributed by atoms with Gasteiger partial charge in [0.2, 0.25) is 0 Å². The third-order valence-corrected chi connectivity index (χ3v) is 5.10. The monoisotopic (exact) mass is 584 g/mol. The molecule has 8 nitrogen and oxygen atoms in total. The van der Waals surface area contributed by atoms with E-state index in [0.29, 0.717) is 0 Å². The summed E-state index contributed by atoms with van der Waals surface area (Å²) >= 11 is 0. The van der Waals surface area contributed by atoms with Crippen molar-refractivity contribution in [1.82, 2.24) is 0 Å². The van der Waals surface area contributed by atoms with Crippen LogP contribution in [0.1, 0.15) is 54.4 Å². The Balaban J connectivity index is 0.